The van der Waals surface area contributed by atoms with Crippen molar-refractivity contribution in [1.29, 1.82) is 0 Å². The summed E-state index contributed by atoms with van der Waals surface area (Å²) in [5, 5.41) is 3.85. The zero-order chi connectivity index (χ0) is 18.7. The lowest BCUT2D eigenvalue weighted by Crippen LogP contribution is -2.13. The van der Waals surface area contributed by atoms with Crippen molar-refractivity contribution in [3.8, 4) is 5.75 Å². The first kappa shape index (κ1) is 18.4. The summed E-state index contributed by atoms with van der Waals surface area (Å²) < 4.78 is 6.12. The Morgan fingerprint density at radius 3 is 2.77 bits per heavy atom. The van der Waals surface area contributed by atoms with E-state index in [1.165, 1.54) is 18.4 Å². The van der Waals surface area contributed by atoms with Gasteiger partial charge in [-0.25, -0.2) is 4.98 Å². The topological polar surface area (TPSA) is 68.3 Å². The van der Waals surface area contributed by atoms with E-state index in [2.05, 4.69) is 10.3 Å². The molecule has 0 unspecified atom stereocenters. The summed E-state index contributed by atoms with van der Waals surface area (Å²) in [6.45, 7) is 1.91. The average Bonchev–Trinajstić information content (AvgIpc) is 3.00. The Hall–Kier alpha value is -2.44. The zero-order valence-electron chi connectivity index (χ0n) is 14.3. The van der Waals surface area contributed by atoms with Crippen LogP contribution in [0.2, 0.25) is 5.02 Å². The van der Waals surface area contributed by atoms with Crippen LogP contribution in [0, 0.1) is 6.92 Å². The van der Waals surface area contributed by atoms with Crippen molar-refractivity contribution in [2.75, 3.05) is 12.4 Å². The minimum atomic E-state index is -0.255. The van der Waals surface area contributed by atoms with Gasteiger partial charge >= 0.3 is 0 Å². The molecule has 0 atom stereocenters. The smallest absolute Gasteiger partial charge is 0.226 e. The maximum Gasteiger partial charge on any atom is 0.226 e. The van der Waals surface area contributed by atoms with Gasteiger partial charge in [0.15, 0.2) is 10.9 Å². The number of hydrogen-bond acceptors (Lipinski definition) is 5. The van der Waals surface area contributed by atoms with Gasteiger partial charge < -0.3 is 10.1 Å². The number of ether oxygens (including phenoxy) is 1. The molecule has 0 aliphatic rings. The highest BCUT2D eigenvalue weighted by Gasteiger charge is 2.15. The van der Waals surface area contributed by atoms with Gasteiger partial charge in [-0.1, -0.05) is 34.6 Å². The first-order valence-corrected chi connectivity index (χ1v) is 9.19. The van der Waals surface area contributed by atoms with Crippen LogP contribution in [0.1, 0.15) is 28.8 Å². The number of methoxy groups -OCH3 is 1. The number of nitrogens with one attached hydrogen (secondary N) is 1. The van der Waals surface area contributed by atoms with Crippen molar-refractivity contribution >= 4 is 50.0 Å². The van der Waals surface area contributed by atoms with Gasteiger partial charge in [0.1, 0.15) is 5.75 Å². The highest BCUT2D eigenvalue weighted by Crippen LogP contribution is 2.28. The molecular weight excluding hydrogens is 372 g/mol. The summed E-state index contributed by atoms with van der Waals surface area (Å²) in [6.07, 6.45) is 0.176. The fraction of sp³-hybridized carbons (Fsp3) is 0.211. The summed E-state index contributed by atoms with van der Waals surface area (Å²) in [5.74, 6) is 0.135. The van der Waals surface area contributed by atoms with E-state index in [-0.39, 0.29) is 24.5 Å². The summed E-state index contributed by atoms with van der Waals surface area (Å²) >= 11 is 7.30. The van der Waals surface area contributed by atoms with E-state index in [1.54, 1.807) is 30.3 Å². The molecule has 0 saturated heterocycles. The molecule has 7 heteroatoms. The van der Waals surface area contributed by atoms with E-state index in [0.717, 1.165) is 15.8 Å². The van der Waals surface area contributed by atoms with Gasteiger partial charge in [-0.15, -0.1) is 0 Å². The van der Waals surface area contributed by atoms with E-state index in [9.17, 15) is 9.59 Å². The van der Waals surface area contributed by atoms with Crippen LogP contribution in [0.5, 0.6) is 5.75 Å². The Morgan fingerprint density at radius 2 is 2.00 bits per heavy atom. The number of carbonyl (C=O) groups excluding carboxylic acids is 2. The number of amides is 1. The van der Waals surface area contributed by atoms with E-state index in [4.69, 9.17) is 16.3 Å². The zero-order valence-corrected chi connectivity index (χ0v) is 15.9. The van der Waals surface area contributed by atoms with Crippen LogP contribution in [0.25, 0.3) is 10.2 Å². The molecule has 0 saturated carbocycles. The molecular formula is C19H17ClN2O3S. The Bertz CT molecular complexity index is 984. The molecule has 2 aromatic carbocycles. The van der Waals surface area contributed by atoms with Gasteiger partial charge in [-0.05, 0) is 37.3 Å². The molecule has 5 nitrogen and oxygen atoms in total. The highest BCUT2D eigenvalue weighted by atomic mass is 35.5. The van der Waals surface area contributed by atoms with Crippen molar-refractivity contribution < 1.29 is 14.3 Å². The van der Waals surface area contributed by atoms with Gasteiger partial charge in [0, 0.05) is 17.9 Å². The molecule has 3 aromatic rings. The van der Waals surface area contributed by atoms with Gasteiger partial charge in [0.05, 0.1) is 22.9 Å². The number of aromatic nitrogens is 1. The van der Waals surface area contributed by atoms with Crippen molar-refractivity contribution in [2.45, 2.75) is 19.8 Å². The molecule has 3 rings (SSSR count). The third-order valence-electron chi connectivity index (χ3n) is 3.83. The van der Waals surface area contributed by atoms with Crippen LogP contribution in [-0.4, -0.2) is 23.8 Å². The molecule has 1 aromatic heterocycles. The van der Waals surface area contributed by atoms with Crippen LogP contribution in [0.3, 0.4) is 0 Å². The molecule has 0 bridgehead atoms. The number of halogens is 1. The number of Topliss-reactive ketones (excluding diaryl/α,β-unsaturated/α-hetero) is 1. The largest absolute Gasteiger partial charge is 0.496 e. The Morgan fingerprint density at radius 1 is 1.19 bits per heavy atom. The third-order valence-corrected chi connectivity index (χ3v) is 5.00. The lowest BCUT2D eigenvalue weighted by atomic mass is 10.0. The second-order valence-corrected chi connectivity index (χ2v) is 7.27. The van der Waals surface area contributed by atoms with Crippen LogP contribution in [-0.2, 0) is 4.79 Å². The average molecular weight is 389 g/mol. The minimum Gasteiger partial charge on any atom is -0.496 e. The minimum absolute atomic E-state index is 0.0760. The highest BCUT2D eigenvalue weighted by molar-refractivity contribution is 7.22. The lowest BCUT2D eigenvalue weighted by Gasteiger charge is -2.08. The fourth-order valence-corrected chi connectivity index (χ4v) is 3.69. The van der Waals surface area contributed by atoms with Crippen molar-refractivity contribution in [3.05, 3.63) is 52.5 Å². The van der Waals surface area contributed by atoms with E-state index < -0.39 is 0 Å². The van der Waals surface area contributed by atoms with E-state index in [1.807, 2.05) is 13.0 Å². The molecule has 1 heterocycles. The second kappa shape index (κ2) is 7.85. The number of anilines is 1. The second-order valence-electron chi connectivity index (χ2n) is 5.81. The summed E-state index contributed by atoms with van der Waals surface area (Å²) in [4.78, 5) is 28.9. The SMILES string of the molecule is COc1ccc(C)cc1C(=O)CCC(=O)Nc1nc2ccc(Cl)cc2s1. The molecule has 0 spiro atoms. The van der Waals surface area contributed by atoms with Gasteiger partial charge in [-0.3, -0.25) is 9.59 Å². The number of aryl methyl sites for hydroxylation is 1. The molecule has 134 valence electrons. The first-order chi connectivity index (χ1) is 12.5. The molecule has 1 N–H and O–H groups in total. The number of carbonyl (C=O) groups is 2. The maximum atomic E-state index is 12.4. The number of rotatable bonds is 6. The van der Waals surface area contributed by atoms with Crippen LogP contribution < -0.4 is 10.1 Å². The Balaban J connectivity index is 1.63. The molecule has 0 aliphatic heterocycles. The van der Waals surface area contributed by atoms with Crippen molar-refractivity contribution in [3.63, 3.8) is 0 Å². The number of benzene rings is 2. The summed E-state index contributed by atoms with van der Waals surface area (Å²) in [6, 6.07) is 10.8. The standard InChI is InChI=1S/C19H17ClN2O3S/c1-11-3-7-16(25-2)13(9-11)15(23)6-8-18(24)22-19-21-14-5-4-12(20)10-17(14)26-19/h3-5,7,9-10H,6,8H2,1-2H3,(H,21,22,24). The Kier molecular flexibility index (Phi) is 5.54. The molecule has 0 aliphatic carbocycles. The van der Waals surface area contributed by atoms with E-state index in [0.29, 0.717) is 21.5 Å². The predicted molar refractivity (Wildman–Crippen MR) is 105 cm³/mol. The molecule has 0 fully saturated rings. The number of ketones is 1. The fourth-order valence-electron chi connectivity index (χ4n) is 2.54. The van der Waals surface area contributed by atoms with Gasteiger partial charge in [0.25, 0.3) is 0 Å². The molecule has 1 amide bonds. The maximum absolute atomic E-state index is 12.4. The number of nitrogens with zero attached hydrogens (tertiary/aromatic N) is 1. The summed E-state index contributed by atoms with van der Waals surface area (Å²) in [7, 11) is 1.52. The van der Waals surface area contributed by atoms with Crippen molar-refractivity contribution in [1.82, 2.24) is 4.98 Å². The quantitative estimate of drug-likeness (QED) is 0.612. The van der Waals surface area contributed by atoms with Crippen molar-refractivity contribution in [2.24, 2.45) is 0 Å². The summed E-state index contributed by atoms with van der Waals surface area (Å²) in [5.41, 5.74) is 2.23. The van der Waals surface area contributed by atoms with Crippen LogP contribution in [0.4, 0.5) is 5.13 Å². The molecule has 26 heavy (non-hydrogen) atoms. The Labute approximate surface area is 160 Å². The third kappa shape index (κ3) is 4.20. The molecule has 0 radical (unpaired) electrons. The lowest BCUT2D eigenvalue weighted by molar-refractivity contribution is -0.116. The van der Waals surface area contributed by atoms with Crippen LogP contribution in [0.15, 0.2) is 36.4 Å². The number of hydrogen-bond donors (Lipinski definition) is 1. The number of fused-ring (bicyclic) bond motifs is 1. The predicted octanol–water partition coefficient (Wildman–Crippen LogP) is 4.87. The number of thiazole rings is 1. The van der Waals surface area contributed by atoms with Gasteiger partial charge in [-0.2, -0.15) is 0 Å². The van der Waals surface area contributed by atoms with E-state index >= 15 is 0 Å². The van der Waals surface area contributed by atoms with Gasteiger partial charge in [0.2, 0.25) is 5.91 Å². The van der Waals surface area contributed by atoms with Crippen LogP contribution >= 0.6 is 22.9 Å². The monoisotopic (exact) mass is 388 g/mol. The normalized spacial score (nSPS) is 10.7. The first-order valence-electron chi connectivity index (χ1n) is 8.00.